The first-order valence-corrected chi connectivity index (χ1v) is 5.88. The third-order valence-electron chi connectivity index (χ3n) is 2.32. The number of carboxylic acids is 1. The molecule has 1 amide bonds. The SMILES string of the molecule is CC(C)NC(=O)C(C)Nc1nc(C(=O)O)ccc1N. The van der Waals surface area contributed by atoms with Gasteiger partial charge in [0.05, 0.1) is 5.69 Å². The molecule has 7 nitrogen and oxygen atoms in total. The zero-order chi connectivity index (χ0) is 14.6. The Morgan fingerprint density at radius 1 is 1.32 bits per heavy atom. The molecule has 1 aromatic heterocycles. The Kier molecular flexibility index (Phi) is 4.68. The lowest BCUT2D eigenvalue weighted by molar-refractivity contribution is -0.122. The second-order valence-electron chi connectivity index (χ2n) is 4.47. The molecule has 0 aliphatic carbocycles. The number of nitrogens with one attached hydrogen (secondary N) is 2. The molecular formula is C12H18N4O3. The van der Waals surface area contributed by atoms with Gasteiger partial charge in [-0.1, -0.05) is 0 Å². The number of hydrogen-bond acceptors (Lipinski definition) is 5. The number of nitrogen functional groups attached to an aromatic ring is 1. The number of anilines is 2. The maximum absolute atomic E-state index is 11.7. The molecular weight excluding hydrogens is 248 g/mol. The fourth-order valence-corrected chi connectivity index (χ4v) is 1.38. The van der Waals surface area contributed by atoms with E-state index < -0.39 is 12.0 Å². The van der Waals surface area contributed by atoms with Crippen molar-refractivity contribution in [3.63, 3.8) is 0 Å². The quantitative estimate of drug-likeness (QED) is 0.622. The van der Waals surface area contributed by atoms with Crippen molar-refractivity contribution in [3.05, 3.63) is 17.8 Å². The number of aromatic nitrogens is 1. The van der Waals surface area contributed by atoms with Crippen molar-refractivity contribution in [1.29, 1.82) is 0 Å². The van der Waals surface area contributed by atoms with Gasteiger partial charge in [-0.15, -0.1) is 0 Å². The highest BCUT2D eigenvalue weighted by Crippen LogP contribution is 2.16. The van der Waals surface area contributed by atoms with Crippen molar-refractivity contribution >= 4 is 23.4 Å². The van der Waals surface area contributed by atoms with Gasteiger partial charge in [-0.05, 0) is 32.9 Å². The lowest BCUT2D eigenvalue weighted by atomic mass is 10.2. The van der Waals surface area contributed by atoms with E-state index in [9.17, 15) is 9.59 Å². The summed E-state index contributed by atoms with van der Waals surface area (Å²) in [6.45, 7) is 5.34. The maximum Gasteiger partial charge on any atom is 0.354 e. The summed E-state index contributed by atoms with van der Waals surface area (Å²) in [6.07, 6.45) is 0. The van der Waals surface area contributed by atoms with Crippen LogP contribution in [0.5, 0.6) is 0 Å². The van der Waals surface area contributed by atoms with Crippen molar-refractivity contribution in [2.24, 2.45) is 0 Å². The van der Waals surface area contributed by atoms with E-state index >= 15 is 0 Å². The first-order chi connectivity index (χ1) is 8.81. The number of hydrogen-bond donors (Lipinski definition) is 4. The van der Waals surface area contributed by atoms with Crippen LogP contribution in [-0.4, -0.2) is 34.1 Å². The molecule has 0 aliphatic rings. The van der Waals surface area contributed by atoms with Crippen molar-refractivity contribution in [3.8, 4) is 0 Å². The molecule has 0 fully saturated rings. The van der Waals surface area contributed by atoms with Crippen LogP contribution in [0.15, 0.2) is 12.1 Å². The van der Waals surface area contributed by atoms with Gasteiger partial charge in [0, 0.05) is 6.04 Å². The minimum absolute atomic E-state index is 0.0208. The zero-order valence-corrected chi connectivity index (χ0v) is 11.1. The van der Waals surface area contributed by atoms with Crippen LogP contribution in [0.1, 0.15) is 31.3 Å². The highest BCUT2D eigenvalue weighted by Gasteiger charge is 2.16. The molecule has 19 heavy (non-hydrogen) atoms. The summed E-state index contributed by atoms with van der Waals surface area (Å²) >= 11 is 0. The van der Waals surface area contributed by atoms with Crippen molar-refractivity contribution in [1.82, 2.24) is 10.3 Å². The summed E-state index contributed by atoms with van der Waals surface area (Å²) in [5, 5.41) is 14.4. The Morgan fingerprint density at radius 2 is 1.95 bits per heavy atom. The van der Waals surface area contributed by atoms with Crippen molar-refractivity contribution in [2.75, 3.05) is 11.1 Å². The Labute approximate surface area is 111 Å². The first-order valence-electron chi connectivity index (χ1n) is 5.88. The summed E-state index contributed by atoms with van der Waals surface area (Å²) in [5.74, 6) is -1.18. The summed E-state index contributed by atoms with van der Waals surface area (Å²) in [6, 6.07) is 2.20. The van der Waals surface area contributed by atoms with Gasteiger partial charge in [0.15, 0.2) is 11.5 Å². The van der Waals surface area contributed by atoms with Gasteiger partial charge in [0.2, 0.25) is 5.91 Å². The van der Waals surface area contributed by atoms with E-state index in [4.69, 9.17) is 10.8 Å². The van der Waals surface area contributed by atoms with Crippen LogP contribution in [0.25, 0.3) is 0 Å². The Hall–Kier alpha value is -2.31. The Morgan fingerprint density at radius 3 is 2.47 bits per heavy atom. The third-order valence-corrected chi connectivity index (χ3v) is 2.32. The summed E-state index contributed by atoms with van der Waals surface area (Å²) in [4.78, 5) is 26.4. The number of carboxylic acid groups (broad SMARTS) is 1. The molecule has 7 heteroatoms. The summed E-state index contributed by atoms with van der Waals surface area (Å²) < 4.78 is 0. The van der Waals surface area contributed by atoms with Crippen molar-refractivity contribution in [2.45, 2.75) is 32.9 Å². The number of aromatic carboxylic acids is 1. The highest BCUT2D eigenvalue weighted by atomic mass is 16.4. The monoisotopic (exact) mass is 266 g/mol. The fraction of sp³-hybridized carbons (Fsp3) is 0.417. The van der Waals surface area contributed by atoms with E-state index in [0.717, 1.165) is 0 Å². The van der Waals surface area contributed by atoms with Gasteiger partial charge in [-0.2, -0.15) is 0 Å². The fourth-order valence-electron chi connectivity index (χ4n) is 1.38. The molecule has 1 heterocycles. The molecule has 0 bridgehead atoms. The van der Waals surface area contributed by atoms with Gasteiger partial charge in [-0.25, -0.2) is 9.78 Å². The van der Waals surface area contributed by atoms with Gasteiger partial charge < -0.3 is 21.5 Å². The number of carbonyl (C=O) groups excluding carboxylic acids is 1. The molecule has 0 saturated carbocycles. The van der Waals surface area contributed by atoms with Gasteiger partial charge in [-0.3, -0.25) is 4.79 Å². The number of nitrogens with two attached hydrogens (primary N) is 1. The number of amides is 1. The summed E-state index contributed by atoms with van der Waals surface area (Å²) in [7, 11) is 0. The molecule has 0 aromatic carbocycles. The molecule has 0 aliphatic heterocycles. The molecule has 0 radical (unpaired) electrons. The van der Waals surface area contributed by atoms with Gasteiger partial charge in [0.25, 0.3) is 0 Å². The molecule has 1 aromatic rings. The summed E-state index contributed by atoms with van der Waals surface area (Å²) in [5.41, 5.74) is 5.84. The standard InChI is InChI=1S/C12H18N4O3/c1-6(2)14-11(17)7(3)15-10-8(13)4-5-9(16-10)12(18)19/h4-7H,13H2,1-3H3,(H,14,17)(H,15,16)(H,18,19). The topological polar surface area (TPSA) is 117 Å². The van der Waals surface area contributed by atoms with E-state index in [1.165, 1.54) is 12.1 Å². The van der Waals surface area contributed by atoms with Crippen LogP contribution >= 0.6 is 0 Å². The predicted octanol–water partition coefficient (Wildman–Crippen LogP) is 0.687. The molecule has 1 unspecified atom stereocenters. The minimum atomic E-state index is -1.15. The highest BCUT2D eigenvalue weighted by molar-refractivity contribution is 5.88. The second kappa shape index (κ2) is 6.03. The largest absolute Gasteiger partial charge is 0.477 e. The van der Waals surface area contributed by atoms with Crippen LogP contribution < -0.4 is 16.4 Å². The third kappa shape index (κ3) is 4.13. The lowest BCUT2D eigenvalue weighted by Crippen LogP contribution is -2.41. The predicted molar refractivity (Wildman–Crippen MR) is 72.0 cm³/mol. The van der Waals surface area contributed by atoms with E-state index in [0.29, 0.717) is 0 Å². The van der Waals surface area contributed by atoms with Gasteiger partial charge >= 0.3 is 5.97 Å². The van der Waals surface area contributed by atoms with E-state index in [1.54, 1.807) is 6.92 Å². The average Bonchev–Trinajstić information content (AvgIpc) is 2.30. The van der Waals surface area contributed by atoms with E-state index in [-0.39, 0.29) is 29.1 Å². The minimum Gasteiger partial charge on any atom is -0.477 e. The van der Waals surface area contributed by atoms with Crippen LogP contribution in [0, 0.1) is 0 Å². The molecule has 5 N–H and O–H groups in total. The average molecular weight is 266 g/mol. The number of pyridine rings is 1. The van der Waals surface area contributed by atoms with E-state index in [1.807, 2.05) is 13.8 Å². The normalized spacial score (nSPS) is 12.0. The zero-order valence-electron chi connectivity index (χ0n) is 11.1. The van der Waals surface area contributed by atoms with E-state index in [2.05, 4.69) is 15.6 Å². The molecule has 1 atom stereocenters. The second-order valence-corrected chi connectivity index (χ2v) is 4.47. The van der Waals surface area contributed by atoms with Crippen LogP contribution in [0.2, 0.25) is 0 Å². The molecule has 0 spiro atoms. The van der Waals surface area contributed by atoms with Crippen LogP contribution in [0.4, 0.5) is 11.5 Å². The smallest absolute Gasteiger partial charge is 0.354 e. The van der Waals surface area contributed by atoms with Crippen molar-refractivity contribution < 1.29 is 14.7 Å². The first kappa shape index (κ1) is 14.7. The number of nitrogens with zero attached hydrogens (tertiary/aromatic N) is 1. The van der Waals surface area contributed by atoms with Crippen LogP contribution in [-0.2, 0) is 4.79 Å². The Bertz CT molecular complexity index is 488. The Balaban J connectivity index is 2.84. The molecule has 1 rings (SSSR count). The lowest BCUT2D eigenvalue weighted by Gasteiger charge is -2.17. The van der Waals surface area contributed by atoms with Crippen LogP contribution in [0.3, 0.4) is 0 Å². The molecule has 0 saturated heterocycles. The maximum atomic E-state index is 11.7. The van der Waals surface area contributed by atoms with Gasteiger partial charge in [0.1, 0.15) is 6.04 Å². The molecule has 104 valence electrons. The number of carbonyl (C=O) groups is 2. The number of rotatable bonds is 5.